The third kappa shape index (κ3) is 3.13. The molecular weight excluding hydrogens is 426 g/mol. The van der Waals surface area contributed by atoms with Crippen molar-refractivity contribution in [3.05, 3.63) is 40.3 Å². The van der Waals surface area contributed by atoms with Crippen LogP contribution in [0.15, 0.2) is 29.1 Å². The lowest BCUT2D eigenvalue weighted by atomic mass is 9.53. The summed E-state index contributed by atoms with van der Waals surface area (Å²) in [5.74, 6) is 3.18. The number of hydrogen-bond acceptors (Lipinski definition) is 5. The highest BCUT2D eigenvalue weighted by molar-refractivity contribution is 5.89. The minimum atomic E-state index is -0.610. The molecule has 2 aromatic rings. The average molecular weight is 462 g/mol. The topological polar surface area (TPSA) is 64.4 Å². The van der Waals surface area contributed by atoms with Gasteiger partial charge in [0.05, 0.1) is 17.6 Å². The number of carbonyl (C=O) groups excluding carboxylic acids is 1. The summed E-state index contributed by atoms with van der Waals surface area (Å²) in [5.41, 5.74) is 1.18. The molecule has 8 rings (SSSR count). The summed E-state index contributed by atoms with van der Waals surface area (Å²) < 4.78 is 7.08. The van der Waals surface area contributed by atoms with E-state index in [2.05, 4.69) is 9.88 Å². The molecule has 0 N–H and O–H groups in total. The lowest BCUT2D eigenvalue weighted by molar-refractivity contribution is -0.0938. The summed E-state index contributed by atoms with van der Waals surface area (Å²) in [7, 11) is 0. The smallest absolute Gasteiger partial charge is 0.362 e. The van der Waals surface area contributed by atoms with Crippen LogP contribution < -0.4 is 5.56 Å². The minimum Gasteiger partial charge on any atom is -0.461 e. The van der Waals surface area contributed by atoms with Crippen LogP contribution in [0.3, 0.4) is 0 Å². The molecule has 0 amide bonds. The summed E-state index contributed by atoms with van der Waals surface area (Å²) in [6.45, 7) is 2.00. The van der Waals surface area contributed by atoms with Crippen LogP contribution >= 0.6 is 0 Å². The third-order valence-corrected chi connectivity index (χ3v) is 9.91. The molecule has 6 bridgehead atoms. The first-order chi connectivity index (χ1) is 16.6. The van der Waals surface area contributed by atoms with Gasteiger partial charge in [0.2, 0.25) is 5.69 Å². The Morgan fingerprint density at radius 1 is 0.941 bits per heavy atom. The highest BCUT2D eigenvalue weighted by Gasteiger charge is 2.55. The maximum Gasteiger partial charge on any atom is 0.362 e. The number of benzene rings is 1. The van der Waals surface area contributed by atoms with Crippen molar-refractivity contribution in [1.29, 1.82) is 0 Å². The fourth-order valence-corrected chi connectivity index (χ4v) is 9.11. The Labute approximate surface area is 200 Å². The van der Waals surface area contributed by atoms with Gasteiger partial charge in [0.15, 0.2) is 0 Å². The van der Waals surface area contributed by atoms with Crippen molar-refractivity contribution in [3.8, 4) is 0 Å². The SMILES string of the molecule is CCOC(=O)c1nc2ccccc2n([C@H]2C[C@H]3CC[C@@H](C2)N3C2C3CC4CC(C3)CC2C4)c1=O. The van der Waals surface area contributed by atoms with Crippen molar-refractivity contribution in [3.63, 3.8) is 0 Å². The lowest BCUT2D eigenvalue weighted by Gasteiger charge is -2.59. The van der Waals surface area contributed by atoms with E-state index in [1.54, 1.807) is 6.92 Å². The molecule has 6 fully saturated rings. The highest BCUT2D eigenvalue weighted by atomic mass is 16.5. The second kappa shape index (κ2) is 7.91. The zero-order valence-corrected chi connectivity index (χ0v) is 20.1. The third-order valence-electron chi connectivity index (χ3n) is 9.91. The van der Waals surface area contributed by atoms with Gasteiger partial charge in [0.25, 0.3) is 5.56 Å². The van der Waals surface area contributed by atoms with Crippen LogP contribution in [0.4, 0.5) is 0 Å². The van der Waals surface area contributed by atoms with Gasteiger partial charge in [-0.2, -0.15) is 0 Å². The number of para-hydroxylation sites is 2. The average Bonchev–Trinajstić information content (AvgIpc) is 3.06. The van der Waals surface area contributed by atoms with Gasteiger partial charge in [0.1, 0.15) is 0 Å². The highest BCUT2D eigenvalue weighted by Crippen LogP contribution is 2.57. The van der Waals surface area contributed by atoms with E-state index in [1.807, 2.05) is 28.8 Å². The number of fused-ring (bicyclic) bond motifs is 4. The maximum atomic E-state index is 13.6. The molecule has 4 aliphatic carbocycles. The van der Waals surface area contributed by atoms with Gasteiger partial charge in [-0.25, -0.2) is 9.78 Å². The van der Waals surface area contributed by atoms with Crippen molar-refractivity contribution in [1.82, 2.24) is 14.5 Å². The molecule has 1 aromatic carbocycles. The Morgan fingerprint density at radius 3 is 2.24 bits per heavy atom. The van der Waals surface area contributed by atoms with Crippen molar-refractivity contribution in [2.45, 2.75) is 88.9 Å². The first-order valence-electron chi connectivity index (χ1n) is 13.6. The van der Waals surface area contributed by atoms with E-state index in [-0.39, 0.29) is 23.9 Å². The molecule has 3 heterocycles. The van der Waals surface area contributed by atoms with Gasteiger partial charge < -0.3 is 9.30 Å². The summed E-state index contributed by atoms with van der Waals surface area (Å²) in [6, 6.07) is 9.73. The molecule has 0 radical (unpaired) electrons. The molecule has 3 atom stereocenters. The molecule has 0 spiro atoms. The number of hydrogen-bond donors (Lipinski definition) is 0. The fourth-order valence-electron chi connectivity index (χ4n) is 9.11. The quantitative estimate of drug-likeness (QED) is 0.625. The summed E-state index contributed by atoms with van der Waals surface area (Å²) >= 11 is 0. The van der Waals surface area contributed by atoms with Crippen LogP contribution in [-0.4, -0.2) is 45.2 Å². The molecular formula is C28H35N3O3. The molecule has 6 aliphatic rings. The number of carbonyl (C=O) groups is 1. The molecule has 2 aliphatic heterocycles. The summed E-state index contributed by atoms with van der Waals surface area (Å²) in [6.07, 6.45) is 11.8. The molecule has 6 heteroatoms. The van der Waals surface area contributed by atoms with E-state index >= 15 is 0 Å². The lowest BCUT2D eigenvalue weighted by Crippen LogP contribution is -2.60. The predicted molar refractivity (Wildman–Crippen MR) is 130 cm³/mol. The van der Waals surface area contributed by atoms with Gasteiger partial charge in [-0.1, -0.05) is 12.1 Å². The number of piperidine rings is 1. The Balaban J connectivity index is 1.23. The number of esters is 1. The Hall–Kier alpha value is -2.21. The van der Waals surface area contributed by atoms with E-state index in [4.69, 9.17) is 4.74 Å². The number of rotatable bonds is 4. The molecule has 6 nitrogen and oxygen atoms in total. The summed E-state index contributed by atoms with van der Waals surface area (Å²) in [4.78, 5) is 33.6. The van der Waals surface area contributed by atoms with Crippen LogP contribution in [0.1, 0.15) is 81.2 Å². The standard InChI is InChI=1S/C28H35N3O3/c1-2-34-28(33)25-27(32)31(24-6-4-3-5-23(24)29-25)22-14-20-7-8-21(15-22)30(20)26-18-10-16-9-17(12-18)13-19(26)11-16/h3-6,16-22,26H,2,7-15H2,1H3/t16?,17?,18?,19?,20-,21+,22+,26?. The second-order valence-corrected chi connectivity index (χ2v) is 11.7. The zero-order valence-electron chi connectivity index (χ0n) is 20.1. The van der Waals surface area contributed by atoms with Gasteiger partial charge in [-0.05, 0) is 101 Å². The zero-order chi connectivity index (χ0) is 23.0. The predicted octanol–water partition coefficient (Wildman–Crippen LogP) is 4.57. The maximum absolute atomic E-state index is 13.6. The molecule has 0 unspecified atom stereocenters. The second-order valence-electron chi connectivity index (χ2n) is 11.7. The van der Waals surface area contributed by atoms with Crippen LogP contribution in [0.25, 0.3) is 11.0 Å². The van der Waals surface area contributed by atoms with Crippen LogP contribution in [0, 0.1) is 23.7 Å². The monoisotopic (exact) mass is 461 g/mol. The van der Waals surface area contributed by atoms with Crippen LogP contribution in [0.5, 0.6) is 0 Å². The van der Waals surface area contributed by atoms with Gasteiger partial charge in [-0.15, -0.1) is 0 Å². The van der Waals surface area contributed by atoms with Gasteiger partial charge in [-0.3, -0.25) is 9.69 Å². The number of aromatic nitrogens is 2. The van der Waals surface area contributed by atoms with E-state index in [0.29, 0.717) is 17.6 Å². The first kappa shape index (κ1) is 21.1. The van der Waals surface area contributed by atoms with E-state index in [0.717, 1.165) is 48.1 Å². The van der Waals surface area contributed by atoms with Crippen molar-refractivity contribution >= 4 is 17.0 Å². The molecule has 4 saturated carbocycles. The number of ether oxygens (including phenoxy) is 1. The van der Waals surface area contributed by atoms with Crippen molar-refractivity contribution in [2.24, 2.45) is 23.7 Å². The molecule has 180 valence electrons. The summed E-state index contributed by atoms with van der Waals surface area (Å²) in [5, 5.41) is 0. The number of nitrogens with zero attached hydrogens (tertiary/aromatic N) is 3. The van der Waals surface area contributed by atoms with Crippen molar-refractivity contribution in [2.75, 3.05) is 6.61 Å². The van der Waals surface area contributed by atoms with E-state index in [1.165, 1.54) is 44.9 Å². The van der Waals surface area contributed by atoms with Crippen LogP contribution in [0.2, 0.25) is 0 Å². The van der Waals surface area contributed by atoms with E-state index in [9.17, 15) is 9.59 Å². The Kier molecular flexibility index (Phi) is 4.91. The Morgan fingerprint density at radius 2 is 1.59 bits per heavy atom. The van der Waals surface area contributed by atoms with Crippen LogP contribution in [-0.2, 0) is 4.74 Å². The first-order valence-corrected chi connectivity index (χ1v) is 13.6. The molecule has 1 aromatic heterocycles. The Bertz CT molecular complexity index is 1150. The van der Waals surface area contributed by atoms with Gasteiger partial charge in [0, 0.05) is 24.2 Å². The van der Waals surface area contributed by atoms with Crippen molar-refractivity contribution < 1.29 is 9.53 Å². The van der Waals surface area contributed by atoms with E-state index < -0.39 is 5.97 Å². The fraction of sp³-hybridized carbons (Fsp3) is 0.679. The largest absolute Gasteiger partial charge is 0.461 e. The van der Waals surface area contributed by atoms with Gasteiger partial charge >= 0.3 is 5.97 Å². The minimum absolute atomic E-state index is 0.0728. The normalized spacial score (nSPS) is 38.5. The molecule has 34 heavy (non-hydrogen) atoms. The molecule has 2 saturated heterocycles.